The summed E-state index contributed by atoms with van der Waals surface area (Å²) in [6.07, 6.45) is 0. The van der Waals surface area contributed by atoms with E-state index in [4.69, 9.17) is 4.74 Å². The molecule has 0 aliphatic heterocycles. The molecule has 2 aromatic carbocycles. The molecule has 0 saturated carbocycles. The normalized spacial score (nSPS) is 11.1. The van der Waals surface area contributed by atoms with Gasteiger partial charge < -0.3 is 10.1 Å². The number of hydrogen-bond donors (Lipinski definition) is 2. The lowest BCUT2D eigenvalue weighted by atomic mass is 10.1. The molecule has 2 rings (SSSR count). The fourth-order valence-corrected chi connectivity index (χ4v) is 2.35. The minimum Gasteiger partial charge on any atom is -0.497 e. The van der Waals surface area contributed by atoms with E-state index in [1.807, 2.05) is 56.3 Å². The van der Waals surface area contributed by atoms with E-state index in [0.717, 1.165) is 22.7 Å². The summed E-state index contributed by atoms with van der Waals surface area (Å²) in [6.45, 7) is 4.05. The van der Waals surface area contributed by atoms with Gasteiger partial charge in [0, 0.05) is 9.26 Å². The Bertz CT molecular complexity index is 742. The average molecular weight is 437 g/mol. The minimum atomic E-state index is -0.195. The van der Waals surface area contributed by atoms with Crippen LogP contribution >= 0.6 is 22.6 Å². The second-order valence-corrected chi connectivity index (χ2v) is 6.44. The molecule has 5 nitrogen and oxygen atoms in total. The number of nitrogens with one attached hydrogen (secondary N) is 2. The number of hydrazone groups is 1. The number of amides is 1. The predicted molar refractivity (Wildman–Crippen MR) is 106 cm³/mol. The highest BCUT2D eigenvalue weighted by Crippen LogP contribution is 2.16. The minimum absolute atomic E-state index is 0.166. The van der Waals surface area contributed by atoms with Crippen LogP contribution in [0.1, 0.15) is 18.1 Å². The Labute approximate surface area is 155 Å². The van der Waals surface area contributed by atoms with Crippen LogP contribution in [0.4, 0.5) is 5.69 Å². The molecular weight excluding hydrogens is 417 g/mol. The Morgan fingerprint density at radius 1 is 1.21 bits per heavy atom. The number of aryl methyl sites for hydroxylation is 1. The molecule has 2 aromatic rings. The molecule has 0 unspecified atom stereocenters. The largest absolute Gasteiger partial charge is 0.497 e. The zero-order valence-electron chi connectivity index (χ0n) is 13.9. The Kier molecular flexibility index (Phi) is 6.60. The maximum absolute atomic E-state index is 11.9. The number of carbonyl (C=O) groups is 1. The summed E-state index contributed by atoms with van der Waals surface area (Å²) in [7, 11) is 1.62. The number of methoxy groups -OCH3 is 1. The van der Waals surface area contributed by atoms with E-state index in [1.165, 1.54) is 9.13 Å². The van der Waals surface area contributed by atoms with E-state index in [9.17, 15) is 4.79 Å². The first-order chi connectivity index (χ1) is 11.5. The number of anilines is 1. The van der Waals surface area contributed by atoms with Gasteiger partial charge in [-0.05, 0) is 90.0 Å². The third-order valence-corrected chi connectivity index (χ3v) is 4.68. The van der Waals surface area contributed by atoms with Crippen molar-refractivity contribution in [3.8, 4) is 5.75 Å². The lowest BCUT2D eigenvalue weighted by molar-refractivity contribution is -0.119. The first-order valence-corrected chi connectivity index (χ1v) is 8.55. The van der Waals surface area contributed by atoms with Gasteiger partial charge in [-0.3, -0.25) is 4.79 Å². The van der Waals surface area contributed by atoms with Gasteiger partial charge in [-0.25, -0.2) is 5.43 Å². The van der Waals surface area contributed by atoms with Gasteiger partial charge >= 0.3 is 0 Å². The van der Waals surface area contributed by atoms with Crippen molar-refractivity contribution in [3.05, 3.63) is 57.2 Å². The van der Waals surface area contributed by atoms with Crippen LogP contribution in [0.2, 0.25) is 0 Å². The summed E-state index contributed by atoms with van der Waals surface area (Å²) in [6, 6.07) is 13.5. The first-order valence-electron chi connectivity index (χ1n) is 7.47. The van der Waals surface area contributed by atoms with E-state index in [2.05, 4.69) is 38.4 Å². The van der Waals surface area contributed by atoms with Crippen molar-refractivity contribution < 1.29 is 9.53 Å². The smallest absolute Gasteiger partial charge is 0.259 e. The molecule has 2 N–H and O–H groups in total. The van der Waals surface area contributed by atoms with Crippen LogP contribution in [0.3, 0.4) is 0 Å². The predicted octanol–water partition coefficient (Wildman–Crippen LogP) is 3.56. The van der Waals surface area contributed by atoms with E-state index in [1.54, 1.807) is 7.11 Å². The van der Waals surface area contributed by atoms with Gasteiger partial charge in [-0.1, -0.05) is 0 Å². The lowest BCUT2D eigenvalue weighted by Crippen LogP contribution is -2.26. The molecule has 0 aliphatic carbocycles. The number of ether oxygens (including phenoxy) is 1. The highest BCUT2D eigenvalue weighted by Gasteiger charge is 2.03. The number of nitrogens with zero attached hydrogens (tertiary/aromatic N) is 1. The lowest BCUT2D eigenvalue weighted by Gasteiger charge is -2.08. The fraction of sp³-hybridized carbons (Fsp3) is 0.222. The molecule has 0 radical (unpaired) electrons. The molecular formula is C18H20IN3O2. The molecule has 6 heteroatoms. The van der Waals surface area contributed by atoms with Crippen molar-refractivity contribution in [1.29, 1.82) is 0 Å². The second kappa shape index (κ2) is 8.68. The Morgan fingerprint density at radius 2 is 1.92 bits per heavy atom. The number of carbonyl (C=O) groups excluding carboxylic acids is 1. The Morgan fingerprint density at radius 3 is 2.54 bits per heavy atom. The van der Waals surface area contributed by atoms with Crippen LogP contribution < -0.4 is 15.5 Å². The summed E-state index contributed by atoms with van der Waals surface area (Å²) in [5.74, 6) is 0.590. The summed E-state index contributed by atoms with van der Waals surface area (Å²) in [4.78, 5) is 11.9. The van der Waals surface area contributed by atoms with Crippen LogP contribution in [0, 0.1) is 10.5 Å². The van der Waals surface area contributed by atoms with Gasteiger partial charge in [0.1, 0.15) is 5.75 Å². The van der Waals surface area contributed by atoms with Crippen molar-refractivity contribution in [1.82, 2.24) is 5.43 Å². The SMILES string of the molecule is COc1ccc(/C(C)=N/NC(=O)CNc2ccc(I)c(C)c2)cc1. The highest BCUT2D eigenvalue weighted by atomic mass is 127. The van der Waals surface area contributed by atoms with Crippen molar-refractivity contribution >= 4 is 39.9 Å². The van der Waals surface area contributed by atoms with Crippen LogP contribution in [-0.2, 0) is 4.79 Å². The molecule has 0 aromatic heterocycles. The topological polar surface area (TPSA) is 62.7 Å². The molecule has 0 fully saturated rings. The fourth-order valence-electron chi connectivity index (χ4n) is 2.02. The number of benzene rings is 2. The monoisotopic (exact) mass is 437 g/mol. The maximum atomic E-state index is 11.9. The van der Waals surface area contributed by atoms with E-state index < -0.39 is 0 Å². The summed E-state index contributed by atoms with van der Waals surface area (Å²) < 4.78 is 6.32. The van der Waals surface area contributed by atoms with E-state index in [0.29, 0.717) is 0 Å². The molecule has 24 heavy (non-hydrogen) atoms. The maximum Gasteiger partial charge on any atom is 0.259 e. The van der Waals surface area contributed by atoms with Crippen LogP contribution in [0.25, 0.3) is 0 Å². The van der Waals surface area contributed by atoms with Gasteiger partial charge in [-0.2, -0.15) is 5.10 Å². The van der Waals surface area contributed by atoms with Crippen molar-refractivity contribution in [2.24, 2.45) is 5.10 Å². The number of hydrogen-bond acceptors (Lipinski definition) is 4. The van der Waals surface area contributed by atoms with Gasteiger partial charge in [0.15, 0.2) is 0 Å². The third kappa shape index (κ3) is 5.23. The number of halogens is 1. The standard InChI is InChI=1S/C18H20IN3O2/c1-12-10-15(6-9-17(12)19)20-11-18(23)22-21-13(2)14-4-7-16(24-3)8-5-14/h4-10,20H,11H2,1-3H3,(H,22,23)/b21-13+. The summed E-state index contributed by atoms with van der Waals surface area (Å²) >= 11 is 2.28. The van der Waals surface area contributed by atoms with Crippen LogP contribution in [-0.4, -0.2) is 25.3 Å². The van der Waals surface area contributed by atoms with Gasteiger partial charge in [-0.15, -0.1) is 0 Å². The molecule has 0 spiro atoms. The van der Waals surface area contributed by atoms with E-state index >= 15 is 0 Å². The molecule has 1 amide bonds. The Balaban J connectivity index is 1.87. The highest BCUT2D eigenvalue weighted by molar-refractivity contribution is 14.1. The zero-order chi connectivity index (χ0) is 17.5. The Hall–Kier alpha value is -2.09. The molecule has 0 saturated heterocycles. The van der Waals surface area contributed by atoms with Crippen molar-refractivity contribution in [2.75, 3.05) is 19.0 Å². The third-order valence-electron chi connectivity index (χ3n) is 3.47. The first kappa shape index (κ1) is 18.3. The van der Waals surface area contributed by atoms with Gasteiger partial charge in [0.25, 0.3) is 5.91 Å². The summed E-state index contributed by atoms with van der Waals surface area (Å²) in [5.41, 5.74) is 6.31. The average Bonchev–Trinajstić information content (AvgIpc) is 2.60. The van der Waals surface area contributed by atoms with Crippen LogP contribution in [0.5, 0.6) is 5.75 Å². The summed E-state index contributed by atoms with van der Waals surface area (Å²) in [5, 5.41) is 7.22. The number of rotatable bonds is 6. The van der Waals surface area contributed by atoms with Crippen LogP contribution in [0.15, 0.2) is 47.6 Å². The molecule has 0 heterocycles. The van der Waals surface area contributed by atoms with E-state index in [-0.39, 0.29) is 12.5 Å². The zero-order valence-corrected chi connectivity index (χ0v) is 16.0. The van der Waals surface area contributed by atoms with Gasteiger partial charge in [0.05, 0.1) is 19.4 Å². The molecule has 0 bridgehead atoms. The van der Waals surface area contributed by atoms with Crippen molar-refractivity contribution in [3.63, 3.8) is 0 Å². The molecule has 126 valence electrons. The molecule has 0 atom stereocenters. The van der Waals surface area contributed by atoms with Crippen molar-refractivity contribution in [2.45, 2.75) is 13.8 Å². The molecule has 0 aliphatic rings. The quantitative estimate of drug-likeness (QED) is 0.413. The second-order valence-electron chi connectivity index (χ2n) is 5.28. The van der Waals surface area contributed by atoms with Gasteiger partial charge in [0.2, 0.25) is 0 Å².